The molecule has 0 spiro atoms. The van der Waals surface area contributed by atoms with Crippen molar-refractivity contribution >= 4 is 11.6 Å². The van der Waals surface area contributed by atoms with Crippen molar-refractivity contribution in [2.24, 2.45) is 5.92 Å². The fourth-order valence-electron chi connectivity index (χ4n) is 2.14. The third-order valence-electron chi connectivity index (χ3n) is 3.73. The zero-order valence-electron chi connectivity index (χ0n) is 14.2. The number of aliphatic hydroxyl groups is 1. The Labute approximate surface area is 128 Å². The molecule has 0 saturated carbocycles. The predicted octanol–water partition coefficient (Wildman–Crippen LogP) is 2.94. The number of aliphatic hydroxyl groups excluding tert-OH is 1. The smallest absolute Gasteiger partial charge is 0.138 e. The zero-order valence-corrected chi connectivity index (χ0v) is 14.2. The van der Waals surface area contributed by atoms with Gasteiger partial charge in [0, 0.05) is 31.2 Å². The molecule has 0 aliphatic heterocycles. The molecule has 0 amide bonds. The zero-order chi connectivity index (χ0) is 16.0. The first-order chi connectivity index (χ1) is 9.83. The second-order valence-electron chi connectivity index (χ2n) is 6.54. The van der Waals surface area contributed by atoms with Crippen LogP contribution in [0.25, 0.3) is 0 Å². The molecule has 21 heavy (non-hydrogen) atoms. The average molecular weight is 294 g/mol. The summed E-state index contributed by atoms with van der Waals surface area (Å²) in [7, 11) is 1.88. The van der Waals surface area contributed by atoms with Gasteiger partial charge in [-0.2, -0.15) is 0 Å². The van der Waals surface area contributed by atoms with Crippen molar-refractivity contribution in [3.63, 3.8) is 0 Å². The van der Waals surface area contributed by atoms with Gasteiger partial charge in [-0.05, 0) is 19.3 Å². The van der Waals surface area contributed by atoms with Gasteiger partial charge in [0.2, 0.25) is 0 Å². The second-order valence-corrected chi connectivity index (χ2v) is 6.54. The van der Waals surface area contributed by atoms with E-state index in [1.165, 1.54) is 0 Å². The van der Waals surface area contributed by atoms with E-state index in [1.807, 2.05) is 14.0 Å². The molecule has 1 unspecified atom stereocenters. The minimum Gasteiger partial charge on any atom is -0.396 e. The summed E-state index contributed by atoms with van der Waals surface area (Å²) in [6, 6.07) is 0. The summed E-state index contributed by atoms with van der Waals surface area (Å²) in [6.07, 6.45) is 1.86. The first kappa shape index (κ1) is 17.7. The van der Waals surface area contributed by atoms with Crippen LogP contribution < -0.4 is 10.6 Å². The van der Waals surface area contributed by atoms with Crippen molar-refractivity contribution in [3.8, 4) is 0 Å². The quantitative estimate of drug-likeness (QED) is 0.721. The molecule has 1 aromatic heterocycles. The number of nitrogens with one attached hydrogen (secondary N) is 2. The molecule has 5 heteroatoms. The number of aromatic nitrogens is 2. The highest BCUT2D eigenvalue weighted by Crippen LogP contribution is 2.26. The van der Waals surface area contributed by atoms with Crippen LogP contribution in [0.15, 0.2) is 0 Å². The van der Waals surface area contributed by atoms with Crippen molar-refractivity contribution in [1.82, 2.24) is 9.97 Å². The molecule has 0 bridgehead atoms. The Morgan fingerprint density at radius 1 is 1.19 bits per heavy atom. The third kappa shape index (κ3) is 4.84. The highest BCUT2D eigenvalue weighted by atomic mass is 16.3. The SMILES string of the molecule is CCC(CCO)CNc1nc(C(C)(C)C)nc(NC)c1C. The van der Waals surface area contributed by atoms with E-state index in [0.717, 1.165) is 42.4 Å². The molecule has 0 aliphatic rings. The van der Waals surface area contributed by atoms with E-state index < -0.39 is 0 Å². The van der Waals surface area contributed by atoms with Crippen molar-refractivity contribution in [1.29, 1.82) is 0 Å². The Kier molecular flexibility index (Phi) is 6.40. The van der Waals surface area contributed by atoms with E-state index >= 15 is 0 Å². The van der Waals surface area contributed by atoms with Crippen molar-refractivity contribution in [2.45, 2.75) is 52.9 Å². The van der Waals surface area contributed by atoms with Crippen LogP contribution in [0, 0.1) is 12.8 Å². The first-order valence-corrected chi connectivity index (χ1v) is 7.75. The van der Waals surface area contributed by atoms with Crippen molar-refractivity contribution in [2.75, 3.05) is 30.8 Å². The summed E-state index contributed by atoms with van der Waals surface area (Å²) >= 11 is 0. The third-order valence-corrected chi connectivity index (χ3v) is 3.73. The highest BCUT2D eigenvalue weighted by Gasteiger charge is 2.21. The summed E-state index contributed by atoms with van der Waals surface area (Å²) in [5.74, 6) is 3.04. The van der Waals surface area contributed by atoms with Crippen LogP contribution in [-0.4, -0.2) is 35.3 Å². The fraction of sp³-hybridized carbons (Fsp3) is 0.750. The van der Waals surface area contributed by atoms with Crippen LogP contribution in [-0.2, 0) is 5.41 Å². The average Bonchev–Trinajstić information content (AvgIpc) is 2.43. The van der Waals surface area contributed by atoms with Gasteiger partial charge in [-0.25, -0.2) is 9.97 Å². The maximum Gasteiger partial charge on any atom is 0.138 e. The van der Waals surface area contributed by atoms with Crippen LogP contribution in [0.4, 0.5) is 11.6 Å². The second kappa shape index (κ2) is 7.59. The maximum atomic E-state index is 9.09. The summed E-state index contributed by atoms with van der Waals surface area (Å²) in [4.78, 5) is 9.30. The van der Waals surface area contributed by atoms with E-state index in [0.29, 0.717) is 5.92 Å². The van der Waals surface area contributed by atoms with E-state index in [4.69, 9.17) is 10.1 Å². The first-order valence-electron chi connectivity index (χ1n) is 7.75. The number of hydrogen-bond acceptors (Lipinski definition) is 5. The Hall–Kier alpha value is -1.36. The van der Waals surface area contributed by atoms with E-state index in [9.17, 15) is 0 Å². The molecule has 1 aromatic rings. The standard InChI is InChI=1S/C16H30N4O/c1-7-12(8-9-21)10-18-14-11(2)13(17-6)19-15(20-14)16(3,4)5/h12,21H,7-10H2,1-6H3,(H2,17,18,19,20). The molecule has 1 heterocycles. The molecule has 5 nitrogen and oxygen atoms in total. The van der Waals surface area contributed by atoms with E-state index in [2.05, 4.69) is 43.3 Å². The lowest BCUT2D eigenvalue weighted by atomic mass is 9.95. The predicted molar refractivity (Wildman–Crippen MR) is 89.0 cm³/mol. The molecule has 3 N–H and O–H groups in total. The summed E-state index contributed by atoms with van der Waals surface area (Å²) in [5, 5.41) is 15.7. The van der Waals surface area contributed by atoms with Crippen LogP contribution in [0.3, 0.4) is 0 Å². The highest BCUT2D eigenvalue weighted by molar-refractivity contribution is 5.57. The molecule has 0 fully saturated rings. The molecule has 0 radical (unpaired) electrons. The van der Waals surface area contributed by atoms with Gasteiger partial charge in [0.05, 0.1) is 0 Å². The van der Waals surface area contributed by atoms with Crippen LogP contribution in [0.2, 0.25) is 0 Å². The normalized spacial score (nSPS) is 13.1. The van der Waals surface area contributed by atoms with Gasteiger partial charge in [-0.1, -0.05) is 34.1 Å². The topological polar surface area (TPSA) is 70.1 Å². The lowest BCUT2D eigenvalue weighted by Gasteiger charge is -2.22. The minimum absolute atomic E-state index is 0.0923. The maximum absolute atomic E-state index is 9.09. The Balaban J connectivity index is 2.99. The van der Waals surface area contributed by atoms with E-state index in [-0.39, 0.29) is 12.0 Å². The van der Waals surface area contributed by atoms with Gasteiger partial charge in [0.25, 0.3) is 0 Å². The lowest BCUT2D eigenvalue weighted by Crippen LogP contribution is -2.21. The number of anilines is 2. The Bertz CT molecular complexity index is 454. The molecule has 1 rings (SSSR count). The van der Waals surface area contributed by atoms with Gasteiger partial charge < -0.3 is 15.7 Å². The van der Waals surface area contributed by atoms with Crippen LogP contribution in [0.5, 0.6) is 0 Å². The summed E-state index contributed by atoms with van der Waals surface area (Å²) < 4.78 is 0. The Morgan fingerprint density at radius 2 is 1.81 bits per heavy atom. The summed E-state index contributed by atoms with van der Waals surface area (Å²) in [6.45, 7) is 11.6. The number of nitrogens with zero attached hydrogens (tertiary/aromatic N) is 2. The van der Waals surface area contributed by atoms with Crippen LogP contribution >= 0.6 is 0 Å². The van der Waals surface area contributed by atoms with Gasteiger partial charge in [0.15, 0.2) is 0 Å². The fourth-order valence-corrected chi connectivity index (χ4v) is 2.14. The van der Waals surface area contributed by atoms with Gasteiger partial charge in [-0.15, -0.1) is 0 Å². The number of rotatable bonds is 7. The largest absolute Gasteiger partial charge is 0.396 e. The van der Waals surface area contributed by atoms with E-state index in [1.54, 1.807) is 0 Å². The molecule has 0 aliphatic carbocycles. The molecular formula is C16H30N4O. The van der Waals surface area contributed by atoms with Crippen molar-refractivity contribution in [3.05, 3.63) is 11.4 Å². The lowest BCUT2D eigenvalue weighted by molar-refractivity contribution is 0.258. The molecule has 0 saturated heterocycles. The van der Waals surface area contributed by atoms with Gasteiger partial charge >= 0.3 is 0 Å². The van der Waals surface area contributed by atoms with Gasteiger partial charge in [-0.3, -0.25) is 0 Å². The molecule has 1 atom stereocenters. The Morgan fingerprint density at radius 3 is 2.29 bits per heavy atom. The minimum atomic E-state index is -0.0923. The van der Waals surface area contributed by atoms with Gasteiger partial charge in [0.1, 0.15) is 17.5 Å². The monoisotopic (exact) mass is 294 g/mol. The molecular weight excluding hydrogens is 264 g/mol. The molecule has 120 valence electrons. The van der Waals surface area contributed by atoms with Crippen LogP contribution in [0.1, 0.15) is 51.9 Å². The summed E-state index contributed by atoms with van der Waals surface area (Å²) in [5.41, 5.74) is 0.940. The molecule has 0 aromatic carbocycles. The number of hydrogen-bond donors (Lipinski definition) is 3. The van der Waals surface area contributed by atoms with Crippen molar-refractivity contribution < 1.29 is 5.11 Å².